The van der Waals surface area contributed by atoms with E-state index >= 15 is 0 Å². The van der Waals surface area contributed by atoms with Crippen LogP contribution in [0, 0.1) is 0 Å². The summed E-state index contributed by atoms with van der Waals surface area (Å²) >= 11 is -0.591. The first-order valence-electron chi connectivity index (χ1n) is 4.17. The second kappa shape index (κ2) is 4.87. The molecular formula is C7H13InN2O2. The van der Waals surface area contributed by atoms with Crippen molar-refractivity contribution in [1.29, 1.82) is 0 Å². The van der Waals surface area contributed by atoms with Crippen LogP contribution in [0.3, 0.4) is 0 Å². The quantitative estimate of drug-likeness (QED) is 0.720. The number of carbonyl (C=O) groups is 1. The first-order chi connectivity index (χ1) is 5.76. The molecule has 0 spiro atoms. The fraction of sp³-hybridized carbons (Fsp3) is 0.714. The number of hydrogen-bond acceptors (Lipinski definition) is 3. The summed E-state index contributed by atoms with van der Waals surface area (Å²) in [5, 5.41) is 3.34. The van der Waals surface area contributed by atoms with Gasteiger partial charge in [0.25, 0.3) is 0 Å². The van der Waals surface area contributed by atoms with Crippen molar-refractivity contribution in [3.63, 3.8) is 0 Å². The number of nitrogens with one attached hydrogen (secondary N) is 1. The summed E-state index contributed by atoms with van der Waals surface area (Å²) in [6.07, 6.45) is 0.465. The number of nitrogens with zero attached hydrogens (tertiary/aromatic N) is 1. The predicted molar refractivity (Wildman–Crippen MR) is 49.2 cm³/mol. The SMILES string of the molecule is C=NC(=O)OC1CN[CH]([InH][CH3])C1. The Morgan fingerprint density at radius 2 is 2.58 bits per heavy atom. The van der Waals surface area contributed by atoms with Crippen molar-refractivity contribution >= 4 is 35.7 Å². The van der Waals surface area contributed by atoms with Crippen molar-refractivity contribution < 1.29 is 9.53 Å². The van der Waals surface area contributed by atoms with Gasteiger partial charge < -0.3 is 0 Å². The van der Waals surface area contributed by atoms with E-state index in [1.54, 1.807) is 0 Å². The summed E-state index contributed by atoms with van der Waals surface area (Å²) in [7, 11) is 0. The van der Waals surface area contributed by atoms with Crippen LogP contribution in [0.1, 0.15) is 6.42 Å². The second-order valence-electron chi connectivity index (χ2n) is 2.91. The Morgan fingerprint density at radius 3 is 3.08 bits per heavy atom. The van der Waals surface area contributed by atoms with Gasteiger partial charge in [-0.1, -0.05) is 0 Å². The van der Waals surface area contributed by atoms with E-state index < -0.39 is 29.0 Å². The molecule has 0 aliphatic carbocycles. The summed E-state index contributed by atoms with van der Waals surface area (Å²) in [5.74, 6) is 0. The minimum atomic E-state index is -0.591. The Balaban J connectivity index is 2.27. The number of carbonyl (C=O) groups excluding carboxylic acids is 1. The molecule has 66 valence electrons. The van der Waals surface area contributed by atoms with E-state index in [-0.39, 0.29) is 6.10 Å². The van der Waals surface area contributed by atoms with Crippen LogP contribution in [0.25, 0.3) is 0 Å². The van der Waals surface area contributed by atoms with Gasteiger partial charge in [0.2, 0.25) is 0 Å². The van der Waals surface area contributed by atoms with Gasteiger partial charge in [-0.3, -0.25) is 0 Å². The Bertz CT molecular complexity index is 186. The molecule has 2 atom stereocenters. The fourth-order valence-corrected chi connectivity index (χ4v) is 4.67. The van der Waals surface area contributed by atoms with E-state index in [1.807, 2.05) is 0 Å². The van der Waals surface area contributed by atoms with E-state index in [9.17, 15) is 4.79 Å². The van der Waals surface area contributed by atoms with Crippen LogP contribution in [0.5, 0.6) is 0 Å². The maximum absolute atomic E-state index is 10.7. The molecule has 1 N–H and O–H groups in total. The summed E-state index contributed by atoms with van der Waals surface area (Å²) < 4.78 is 8.00. The molecule has 0 saturated carbocycles. The number of ether oxygens (including phenoxy) is 1. The molecule has 1 saturated heterocycles. The average molecular weight is 272 g/mol. The molecule has 1 heterocycles. The van der Waals surface area contributed by atoms with E-state index in [2.05, 4.69) is 21.7 Å². The van der Waals surface area contributed by atoms with Gasteiger partial charge in [0.05, 0.1) is 0 Å². The van der Waals surface area contributed by atoms with Gasteiger partial charge in [0.1, 0.15) is 0 Å². The molecule has 1 aliphatic rings. The molecule has 12 heavy (non-hydrogen) atoms. The van der Waals surface area contributed by atoms with Crippen molar-refractivity contribution in [3.8, 4) is 0 Å². The van der Waals surface area contributed by atoms with Crippen molar-refractivity contribution in [2.75, 3.05) is 6.54 Å². The number of rotatable bonds is 2. The van der Waals surface area contributed by atoms with Crippen LogP contribution < -0.4 is 5.32 Å². The molecule has 0 aromatic rings. The molecule has 0 bridgehead atoms. The van der Waals surface area contributed by atoms with Crippen LogP contribution in [-0.2, 0) is 4.74 Å². The van der Waals surface area contributed by atoms with Crippen molar-refractivity contribution in [1.82, 2.24) is 5.32 Å². The van der Waals surface area contributed by atoms with Gasteiger partial charge in [0.15, 0.2) is 0 Å². The Hall–Kier alpha value is -0.0299. The molecule has 0 radical (unpaired) electrons. The van der Waals surface area contributed by atoms with E-state index in [0.717, 1.165) is 13.0 Å². The molecule has 5 heteroatoms. The van der Waals surface area contributed by atoms with Crippen LogP contribution in [0.15, 0.2) is 4.99 Å². The maximum atomic E-state index is 10.7. The first kappa shape index (κ1) is 10.1. The molecule has 1 rings (SSSR count). The second-order valence-corrected chi connectivity index (χ2v) is 8.06. The van der Waals surface area contributed by atoms with Gasteiger partial charge in [-0.25, -0.2) is 0 Å². The van der Waals surface area contributed by atoms with Gasteiger partial charge in [-0.2, -0.15) is 0 Å². The Kier molecular flexibility index (Phi) is 4.08. The first-order valence-corrected chi connectivity index (χ1v) is 10.5. The van der Waals surface area contributed by atoms with Gasteiger partial charge in [0, 0.05) is 0 Å². The molecule has 2 unspecified atom stereocenters. The third kappa shape index (κ3) is 2.79. The normalized spacial score (nSPS) is 28.1. The molecule has 0 aromatic heterocycles. The fourth-order valence-electron chi connectivity index (χ4n) is 1.36. The van der Waals surface area contributed by atoms with E-state index in [1.165, 1.54) is 0 Å². The molecule has 1 fully saturated rings. The summed E-state index contributed by atoms with van der Waals surface area (Å²) in [6, 6.07) is 0. The molecule has 1 aliphatic heterocycles. The number of amides is 1. The molecule has 1 amide bonds. The van der Waals surface area contributed by atoms with Gasteiger partial charge in [-0.05, 0) is 0 Å². The summed E-state index contributed by atoms with van der Waals surface area (Å²) in [6.45, 7) is 3.90. The topological polar surface area (TPSA) is 50.7 Å². The minimum absolute atomic E-state index is 0.0321. The molecular weight excluding hydrogens is 259 g/mol. The van der Waals surface area contributed by atoms with Crippen molar-refractivity contribution in [2.45, 2.75) is 21.0 Å². The zero-order valence-electron chi connectivity index (χ0n) is 7.25. The Labute approximate surface area is 83.1 Å². The van der Waals surface area contributed by atoms with E-state index in [4.69, 9.17) is 4.74 Å². The van der Waals surface area contributed by atoms with Crippen molar-refractivity contribution in [3.05, 3.63) is 0 Å². The third-order valence-electron chi connectivity index (χ3n) is 2.07. The molecule has 0 aromatic carbocycles. The van der Waals surface area contributed by atoms with Crippen LogP contribution in [0.2, 0.25) is 4.68 Å². The standard InChI is InChI=1S/C6H9N2O2.CH3.In.H/c1-7-6(9)10-5-2-3-8-4-5;;;/h3,5,8H,1-2,4H2;1H3;;. The predicted octanol–water partition coefficient (Wildman–Crippen LogP) is -0.00380. The number of hydrogen-bond donors (Lipinski definition) is 1. The third-order valence-corrected chi connectivity index (χ3v) is 6.66. The Morgan fingerprint density at radius 1 is 1.83 bits per heavy atom. The number of aliphatic imine (C=N–C) groups is 1. The van der Waals surface area contributed by atoms with Gasteiger partial charge >= 0.3 is 83.1 Å². The van der Waals surface area contributed by atoms with E-state index in [0.29, 0.717) is 3.80 Å². The van der Waals surface area contributed by atoms with Crippen LogP contribution in [-0.4, -0.2) is 52.2 Å². The summed E-state index contributed by atoms with van der Waals surface area (Å²) in [5.41, 5.74) is 0. The molecule has 4 nitrogen and oxygen atoms in total. The van der Waals surface area contributed by atoms with Crippen LogP contribution >= 0.6 is 0 Å². The zero-order valence-corrected chi connectivity index (χ0v) is 11.3. The van der Waals surface area contributed by atoms with Crippen molar-refractivity contribution in [2.24, 2.45) is 4.99 Å². The zero-order chi connectivity index (χ0) is 8.97. The van der Waals surface area contributed by atoms with Crippen LogP contribution in [0.4, 0.5) is 4.79 Å². The monoisotopic (exact) mass is 272 g/mol. The average Bonchev–Trinajstić information content (AvgIpc) is 2.52. The summed E-state index contributed by atoms with van der Waals surface area (Å²) in [4.78, 5) is 13.9. The van der Waals surface area contributed by atoms with Gasteiger partial charge in [-0.15, -0.1) is 0 Å².